The van der Waals surface area contributed by atoms with Crippen molar-refractivity contribution < 1.29 is 9.18 Å². The van der Waals surface area contributed by atoms with E-state index in [-0.39, 0.29) is 11.7 Å². The van der Waals surface area contributed by atoms with Crippen LogP contribution in [0.15, 0.2) is 30.6 Å². The van der Waals surface area contributed by atoms with Crippen LogP contribution in [0.1, 0.15) is 28.7 Å². The second-order valence-corrected chi connectivity index (χ2v) is 4.28. The van der Waals surface area contributed by atoms with Gasteiger partial charge in [0.25, 0.3) is 5.91 Å². The van der Waals surface area contributed by atoms with Crippen molar-refractivity contribution in [1.29, 1.82) is 0 Å². The van der Waals surface area contributed by atoms with Crippen LogP contribution in [0.3, 0.4) is 0 Å². The van der Waals surface area contributed by atoms with Crippen LogP contribution >= 0.6 is 0 Å². The lowest BCUT2D eigenvalue weighted by Crippen LogP contribution is -2.24. The van der Waals surface area contributed by atoms with E-state index in [1.165, 1.54) is 18.2 Å². The Morgan fingerprint density at radius 1 is 1.47 bits per heavy atom. The highest BCUT2D eigenvalue weighted by atomic mass is 19.1. The summed E-state index contributed by atoms with van der Waals surface area (Å²) in [4.78, 5) is 16.1. The molecule has 1 heterocycles. The van der Waals surface area contributed by atoms with Crippen LogP contribution in [0.5, 0.6) is 0 Å². The van der Waals surface area contributed by atoms with Crippen molar-refractivity contribution in [2.75, 3.05) is 0 Å². The minimum absolute atomic E-state index is 0.228. The number of amides is 1. The molecule has 1 amide bonds. The SMILES string of the molecule is CCn1ccnc1CNC(=O)c1ccc(F)c(C)c1. The first kappa shape index (κ1) is 13.3. The number of benzene rings is 1. The maximum Gasteiger partial charge on any atom is 0.251 e. The Hall–Kier alpha value is -2.17. The van der Waals surface area contributed by atoms with Crippen LogP contribution in [0.4, 0.5) is 4.39 Å². The topological polar surface area (TPSA) is 46.9 Å². The highest BCUT2D eigenvalue weighted by Gasteiger charge is 2.09. The lowest BCUT2D eigenvalue weighted by molar-refractivity contribution is 0.0949. The molecular formula is C14H16FN3O. The summed E-state index contributed by atoms with van der Waals surface area (Å²) in [7, 11) is 0. The van der Waals surface area contributed by atoms with Crippen LogP contribution < -0.4 is 5.32 Å². The van der Waals surface area contributed by atoms with Crippen molar-refractivity contribution in [2.24, 2.45) is 0 Å². The van der Waals surface area contributed by atoms with Gasteiger partial charge in [0, 0.05) is 24.5 Å². The Bertz CT molecular complexity index is 592. The zero-order chi connectivity index (χ0) is 13.8. The van der Waals surface area contributed by atoms with Gasteiger partial charge in [0.05, 0.1) is 6.54 Å². The Kier molecular flexibility index (Phi) is 3.94. The van der Waals surface area contributed by atoms with E-state index in [1.54, 1.807) is 13.1 Å². The molecule has 4 nitrogen and oxygen atoms in total. The maximum absolute atomic E-state index is 13.1. The number of halogens is 1. The predicted molar refractivity (Wildman–Crippen MR) is 70.2 cm³/mol. The summed E-state index contributed by atoms with van der Waals surface area (Å²) in [6, 6.07) is 4.32. The summed E-state index contributed by atoms with van der Waals surface area (Å²) in [5.74, 6) is 0.265. The molecule has 19 heavy (non-hydrogen) atoms. The number of nitrogens with one attached hydrogen (secondary N) is 1. The lowest BCUT2D eigenvalue weighted by atomic mass is 10.1. The van der Waals surface area contributed by atoms with Gasteiger partial charge in [0.15, 0.2) is 0 Å². The van der Waals surface area contributed by atoms with Crippen LogP contribution in [0, 0.1) is 12.7 Å². The van der Waals surface area contributed by atoms with Gasteiger partial charge in [0.2, 0.25) is 0 Å². The van der Waals surface area contributed by atoms with Gasteiger partial charge < -0.3 is 9.88 Å². The van der Waals surface area contributed by atoms with Crippen molar-refractivity contribution in [3.63, 3.8) is 0 Å². The highest BCUT2D eigenvalue weighted by Crippen LogP contribution is 2.09. The summed E-state index contributed by atoms with van der Waals surface area (Å²) < 4.78 is 15.1. The molecule has 0 atom stereocenters. The van der Waals surface area contributed by atoms with E-state index >= 15 is 0 Å². The zero-order valence-corrected chi connectivity index (χ0v) is 11.0. The van der Waals surface area contributed by atoms with Crippen LogP contribution in [-0.2, 0) is 13.1 Å². The Morgan fingerprint density at radius 2 is 2.26 bits per heavy atom. The normalized spacial score (nSPS) is 10.5. The number of aryl methyl sites for hydroxylation is 2. The molecule has 0 saturated heterocycles. The number of rotatable bonds is 4. The Morgan fingerprint density at radius 3 is 2.95 bits per heavy atom. The average Bonchev–Trinajstić information content (AvgIpc) is 2.86. The first-order chi connectivity index (χ1) is 9.11. The number of nitrogens with zero attached hydrogens (tertiary/aromatic N) is 2. The quantitative estimate of drug-likeness (QED) is 0.917. The summed E-state index contributed by atoms with van der Waals surface area (Å²) in [5.41, 5.74) is 0.913. The third kappa shape index (κ3) is 2.99. The summed E-state index contributed by atoms with van der Waals surface area (Å²) in [6.07, 6.45) is 3.57. The van der Waals surface area contributed by atoms with Crippen LogP contribution in [-0.4, -0.2) is 15.5 Å². The van der Waals surface area contributed by atoms with Gasteiger partial charge in [-0.05, 0) is 37.6 Å². The molecule has 0 bridgehead atoms. The summed E-state index contributed by atoms with van der Waals surface area (Å²) in [5, 5.41) is 2.78. The number of hydrogen-bond acceptors (Lipinski definition) is 2. The molecule has 5 heteroatoms. The van der Waals surface area contributed by atoms with Gasteiger partial charge in [-0.1, -0.05) is 0 Å². The molecule has 1 aromatic carbocycles. The second-order valence-electron chi connectivity index (χ2n) is 4.28. The molecule has 0 fully saturated rings. The Labute approximate surface area is 111 Å². The molecule has 100 valence electrons. The third-order valence-corrected chi connectivity index (χ3v) is 2.97. The van der Waals surface area contributed by atoms with Gasteiger partial charge in [-0.3, -0.25) is 4.79 Å². The zero-order valence-electron chi connectivity index (χ0n) is 11.0. The number of hydrogen-bond donors (Lipinski definition) is 1. The Balaban J connectivity index is 2.03. The van der Waals surface area contributed by atoms with Gasteiger partial charge in [-0.15, -0.1) is 0 Å². The monoisotopic (exact) mass is 261 g/mol. The average molecular weight is 261 g/mol. The molecule has 0 unspecified atom stereocenters. The highest BCUT2D eigenvalue weighted by molar-refractivity contribution is 5.94. The van der Waals surface area contributed by atoms with E-state index < -0.39 is 0 Å². The number of aromatic nitrogens is 2. The van der Waals surface area contributed by atoms with E-state index in [1.807, 2.05) is 17.7 Å². The number of carbonyl (C=O) groups excluding carboxylic acids is 1. The van der Waals surface area contributed by atoms with Crippen LogP contribution in [0.25, 0.3) is 0 Å². The summed E-state index contributed by atoms with van der Waals surface area (Å²) in [6.45, 7) is 4.81. The number of imidazole rings is 1. The molecule has 0 spiro atoms. The molecule has 0 radical (unpaired) electrons. The van der Waals surface area contributed by atoms with Crippen LogP contribution in [0.2, 0.25) is 0 Å². The predicted octanol–water partition coefficient (Wildman–Crippen LogP) is 2.28. The van der Waals surface area contributed by atoms with Crippen molar-refractivity contribution in [2.45, 2.75) is 26.9 Å². The maximum atomic E-state index is 13.1. The van der Waals surface area contributed by atoms with E-state index in [4.69, 9.17) is 0 Å². The molecule has 1 N–H and O–H groups in total. The molecule has 1 aromatic heterocycles. The first-order valence-electron chi connectivity index (χ1n) is 6.16. The van der Waals surface area contributed by atoms with Gasteiger partial charge in [0.1, 0.15) is 11.6 Å². The lowest BCUT2D eigenvalue weighted by Gasteiger charge is -2.07. The van der Waals surface area contributed by atoms with Crippen molar-refractivity contribution in [3.8, 4) is 0 Å². The molecular weight excluding hydrogens is 245 g/mol. The minimum atomic E-state index is -0.307. The first-order valence-corrected chi connectivity index (χ1v) is 6.16. The van der Waals surface area contributed by atoms with Crippen molar-refractivity contribution >= 4 is 5.91 Å². The van der Waals surface area contributed by atoms with Gasteiger partial charge in [-0.2, -0.15) is 0 Å². The summed E-state index contributed by atoms with van der Waals surface area (Å²) >= 11 is 0. The molecule has 0 saturated carbocycles. The fourth-order valence-electron chi connectivity index (χ4n) is 1.84. The van der Waals surface area contributed by atoms with E-state index in [0.717, 1.165) is 12.4 Å². The fourth-order valence-corrected chi connectivity index (χ4v) is 1.84. The molecule has 2 aromatic rings. The van der Waals surface area contributed by atoms with Crippen molar-refractivity contribution in [1.82, 2.24) is 14.9 Å². The third-order valence-electron chi connectivity index (χ3n) is 2.97. The molecule has 0 aliphatic carbocycles. The van der Waals surface area contributed by atoms with Gasteiger partial charge in [-0.25, -0.2) is 9.37 Å². The standard InChI is InChI=1S/C14H16FN3O/c1-3-18-7-6-16-13(18)9-17-14(19)11-4-5-12(15)10(2)8-11/h4-8H,3,9H2,1-2H3,(H,17,19). The fraction of sp³-hybridized carbons (Fsp3) is 0.286. The number of carbonyl (C=O) groups is 1. The molecule has 2 rings (SSSR count). The van der Waals surface area contributed by atoms with Gasteiger partial charge >= 0.3 is 0 Å². The minimum Gasteiger partial charge on any atom is -0.345 e. The molecule has 0 aliphatic rings. The largest absolute Gasteiger partial charge is 0.345 e. The van der Waals surface area contributed by atoms with E-state index in [9.17, 15) is 9.18 Å². The smallest absolute Gasteiger partial charge is 0.251 e. The second kappa shape index (κ2) is 5.65. The van der Waals surface area contributed by atoms with E-state index in [2.05, 4.69) is 10.3 Å². The van der Waals surface area contributed by atoms with E-state index in [0.29, 0.717) is 17.7 Å². The van der Waals surface area contributed by atoms with Crippen molar-refractivity contribution in [3.05, 3.63) is 53.4 Å². The molecule has 0 aliphatic heterocycles.